The normalized spacial score (nSPS) is 21.1. The summed E-state index contributed by atoms with van der Waals surface area (Å²) in [5.74, 6) is -2.12. The molecule has 2 aliphatic rings. The van der Waals surface area contributed by atoms with Crippen LogP contribution in [0.4, 0.5) is 5.13 Å². The Bertz CT molecular complexity index is 955. The molecule has 2 atom stereocenters. The van der Waals surface area contributed by atoms with Crippen molar-refractivity contribution < 1.29 is 29.1 Å². The van der Waals surface area contributed by atoms with Crippen molar-refractivity contribution >= 4 is 58.1 Å². The van der Waals surface area contributed by atoms with Crippen LogP contribution in [0.2, 0.25) is 0 Å². The molecule has 1 aromatic rings. The molecule has 29 heavy (non-hydrogen) atoms. The van der Waals surface area contributed by atoms with Gasteiger partial charge in [0.1, 0.15) is 24.2 Å². The van der Waals surface area contributed by atoms with Crippen molar-refractivity contribution in [3.63, 3.8) is 0 Å². The molecule has 1 fully saturated rings. The van der Waals surface area contributed by atoms with Gasteiger partial charge in [-0.05, 0) is 5.57 Å². The summed E-state index contributed by atoms with van der Waals surface area (Å²) in [5, 5.41) is 17.8. The van der Waals surface area contributed by atoms with Gasteiger partial charge >= 0.3 is 5.97 Å². The van der Waals surface area contributed by atoms with Gasteiger partial charge in [-0.1, -0.05) is 29.1 Å². The molecular formula is C16H15N5O6S2. The largest absolute Gasteiger partial charge is 0.477 e. The van der Waals surface area contributed by atoms with Crippen LogP contribution in [-0.4, -0.2) is 69.2 Å². The number of nitrogens with zero attached hydrogens (tertiary/aromatic N) is 3. The minimum atomic E-state index is -1.23. The Kier molecular flexibility index (Phi) is 5.98. The third kappa shape index (κ3) is 3.73. The third-order valence-electron chi connectivity index (χ3n) is 4.05. The summed E-state index contributed by atoms with van der Waals surface area (Å²) in [6.45, 7) is 3.58. The number of hydrogen-bond acceptors (Lipinski definition) is 9. The molecule has 1 saturated heterocycles. The number of oxime groups is 1. The smallest absolute Gasteiger partial charge is 0.352 e. The molecule has 0 radical (unpaired) electrons. The lowest BCUT2D eigenvalue weighted by Gasteiger charge is -2.49. The molecule has 3 N–H and O–H groups in total. The summed E-state index contributed by atoms with van der Waals surface area (Å²) in [6, 6.07) is -0.921. The van der Waals surface area contributed by atoms with E-state index in [0.29, 0.717) is 22.6 Å². The van der Waals surface area contributed by atoms with Crippen LogP contribution in [0.25, 0.3) is 0 Å². The summed E-state index contributed by atoms with van der Waals surface area (Å²) in [6.07, 6.45) is 3.19. The fraction of sp³-hybridized carbons (Fsp3) is 0.250. The molecule has 1 unspecified atom stereocenters. The Morgan fingerprint density at radius 3 is 2.90 bits per heavy atom. The number of aromatic nitrogens is 1. The van der Waals surface area contributed by atoms with Crippen molar-refractivity contribution in [3.8, 4) is 0 Å². The predicted octanol–water partition coefficient (Wildman–Crippen LogP) is -0.0135. The quantitative estimate of drug-likeness (QED) is 0.222. The summed E-state index contributed by atoms with van der Waals surface area (Å²) < 4.78 is 0. The van der Waals surface area contributed by atoms with Crippen molar-refractivity contribution in [2.24, 2.45) is 5.16 Å². The zero-order valence-electron chi connectivity index (χ0n) is 14.9. The van der Waals surface area contributed by atoms with Crippen molar-refractivity contribution in [1.29, 1.82) is 0 Å². The number of carboxylic acid groups (broad SMARTS) is 1. The van der Waals surface area contributed by atoms with E-state index in [9.17, 15) is 24.3 Å². The highest BCUT2D eigenvalue weighted by Crippen LogP contribution is 2.40. The molecule has 1 aromatic heterocycles. The maximum Gasteiger partial charge on any atom is 0.352 e. The average Bonchev–Trinajstić information content (AvgIpc) is 3.17. The standard InChI is InChI=1S/C16H15N5O6S2/c1-3-7-5-28-14-10(13(24)21(14)11(7)15(25)26)19-12(23)9(20-27-2)8-4-17-16(29-8)18-6-22/h3-4,6,10,14H,1,5H2,2H3,(H,19,23)(H,25,26)(H,17,18,22)/t10?,14-/m1/s1. The highest BCUT2D eigenvalue weighted by atomic mass is 32.2. The molecular weight excluding hydrogens is 422 g/mol. The van der Waals surface area contributed by atoms with Gasteiger partial charge in [-0.3, -0.25) is 19.3 Å². The van der Waals surface area contributed by atoms with E-state index in [1.165, 1.54) is 31.1 Å². The second-order valence-corrected chi connectivity index (χ2v) is 7.79. The SMILES string of the molecule is C=CC1=C(C(=O)O)N2C(=O)C(NC(=O)C(=NOC)c3cnc(NC=O)s3)[C@H]2SC1. The minimum absolute atomic E-state index is 0.128. The van der Waals surface area contributed by atoms with Crippen LogP contribution in [-0.2, 0) is 24.0 Å². The van der Waals surface area contributed by atoms with E-state index in [2.05, 4.69) is 27.4 Å². The summed E-state index contributed by atoms with van der Waals surface area (Å²) >= 11 is 2.32. The zero-order valence-corrected chi connectivity index (χ0v) is 16.6. The molecule has 0 bridgehead atoms. The van der Waals surface area contributed by atoms with Crippen LogP contribution in [0, 0.1) is 0 Å². The van der Waals surface area contributed by atoms with Gasteiger partial charge in [0.15, 0.2) is 10.8 Å². The lowest BCUT2D eigenvalue weighted by atomic mass is 10.0. The topological polar surface area (TPSA) is 150 Å². The number of β-lactam (4-membered cyclic amide) rings is 1. The Hall–Kier alpha value is -3.19. The van der Waals surface area contributed by atoms with Crippen LogP contribution >= 0.6 is 23.1 Å². The van der Waals surface area contributed by atoms with Crippen molar-refractivity contribution in [2.45, 2.75) is 11.4 Å². The monoisotopic (exact) mass is 437 g/mol. The molecule has 0 aliphatic carbocycles. The second kappa shape index (κ2) is 8.45. The number of rotatable bonds is 8. The van der Waals surface area contributed by atoms with Gasteiger partial charge in [-0.25, -0.2) is 9.78 Å². The fourth-order valence-electron chi connectivity index (χ4n) is 2.80. The predicted molar refractivity (Wildman–Crippen MR) is 105 cm³/mol. The van der Waals surface area contributed by atoms with Gasteiger partial charge in [0, 0.05) is 11.9 Å². The molecule has 0 spiro atoms. The molecule has 3 heterocycles. The number of thiazole rings is 1. The molecule has 3 rings (SSSR count). The van der Waals surface area contributed by atoms with E-state index in [4.69, 9.17) is 4.84 Å². The Morgan fingerprint density at radius 1 is 1.52 bits per heavy atom. The Labute approximate surface area is 172 Å². The van der Waals surface area contributed by atoms with Gasteiger partial charge < -0.3 is 20.6 Å². The molecule has 11 nitrogen and oxygen atoms in total. The third-order valence-corrected chi connectivity index (χ3v) is 6.29. The number of carboxylic acids is 1. The number of aliphatic carboxylic acids is 1. The number of thioether (sulfide) groups is 1. The van der Waals surface area contributed by atoms with Gasteiger partial charge in [0.2, 0.25) is 6.41 Å². The van der Waals surface area contributed by atoms with E-state index in [-0.39, 0.29) is 16.5 Å². The molecule has 0 aromatic carbocycles. The first-order valence-corrected chi connectivity index (χ1v) is 9.91. The van der Waals surface area contributed by atoms with E-state index in [1.807, 2.05) is 0 Å². The first-order valence-electron chi connectivity index (χ1n) is 8.04. The van der Waals surface area contributed by atoms with E-state index < -0.39 is 29.2 Å². The minimum Gasteiger partial charge on any atom is -0.477 e. The van der Waals surface area contributed by atoms with E-state index >= 15 is 0 Å². The fourth-order valence-corrected chi connectivity index (χ4v) is 4.89. The highest BCUT2D eigenvalue weighted by molar-refractivity contribution is 8.00. The van der Waals surface area contributed by atoms with Crippen molar-refractivity contribution in [1.82, 2.24) is 15.2 Å². The number of nitrogens with one attached hydrogen (secondary N) is 2. The van der Waals surface area contributed by atoms with Crippen molar-refractivity contribution in [2.75, 3.05) is 18.2 Å². The Morgan fingerprint density at radius 2 is 2.28 bits per heavy atom. The van der Waals surface area contributed by atoms with Gasteiger partial charge in [0.05, 0.1) is 4.88 Å². The molecule has 0 saturated carbocycles. The molecule has 2 aliphatic heterocycles. The average molecular weight is 437 g/mol. The molecule has 152 valence electrons. The number of hydrogen-bond donors (Lipinski definition) is 3. The summed E-state index contributed by atoms with van der Waals surface area (Å²) in [4.78, 5) is 57.4. The van der Waals surface area contributed by atoms with Crippen LogP contribution < -0.4 is 10.6 Å². The van der Waals surface area contributed by atoms with Crippen LogP contribution in [0.1, 0.15) is 4.88 Å². The molecule has 13 heteroatoms. The number of carbonyl (C=O) groups excluding carboxylic acids is 3. The maximum absolute atomic E-state index is 12.7. The molecule has 3 amide bonds. The highest BCUT2D eigenvalue weighted by Gasteiger charge is 2.54. The number of allylic oxidation sites excluding steroid dienone is 1. The van der Waals surface area contributed by atoms with Gasteiger partial charge in [-0.2, -0.15) is 0 Å². The second-order valence-electron chi connectivity index (χ2n) is 5.66. The number of anilines is 1. The lowest BCUT2D eigenvalue weighted by Crippen LogP contribution is -2.71. The number of fused-ring (bicyclic) bond motifs is 1. The number of amides is 3. The first kappa shape index (κ1) is 20.5. The van der Waals surface area contributed by atoms with Crippen LogP contribution in [0.15, 0.2) is 35.3 Å². The van der Waals surface area contributed by atoms with Gasteiger partial charge in [0.25, 0.3) is 11.8 Å². The van der Waals surface area contributed by atoms with Crippen LogP contribution in [0.3, 0.4) is 0 Å². The summed E-state index contributed by atoms with van der Waals surface area (Å²) in [7, 11) is 1.26. The Balaban J connectivity index is 1.78. The maximum atomic E-state index is 12.7. The summed E-state index contributed by atoms with van der Waals surface area (Å²) in [5.41, 5.74) is 0.187. The lowest BCUT2D eigenvalue weighted by molar-refractivity contribution is -0.150. The van der Waals surface area contributed by atoms with Crippen molar-refractivity contribution in [3.05, 3.63) is 35.0 Å². The zero-order chi connectivity index (χ0) is 21.1. The van der Waals surface area contributed by atoms with E-state index in [1.54, 1.807) is 0 Å². The van der Waals surface area contributed by atoms with Crippen LogP contribution in [0.5, 0.6) is 0 Å². The van der Waals surface area contributed by atoms with E-state index in [0.717, 1.165) is 16.2 Å². The first-order chi connectivity index (χ1) is 13.9. The number of carbonyl (C=O) groups is 4. The van der Waals surface area contributed by atoms with Gasteiger partial charge in [-0.15, -0.1) is 11.8 Å².